The smallest absolute Gasteiger partial charge is 0.242 e. The minimum Gasteiger partial charge on any atom is -0.294 e. The van der Waals surface area contributed by atoms with E-state index in [9.17, 15) is 4.79 Å². The predicted octanol–water partition coefficient (Wildman–Crippen LogP) is 1.14. The third-order valence-electron chi connectivity index (χ3n) is 2.91. The first kappa shape index (κ1) is 11.1. The van der Waals surface area contributed by atoms with Crippen LogP contribution < -0.4 is 4.90 Å². The van der Waals surface area contributed by atoms with Crippen molar-refractivity contribution >= 4 is 11.7 Å². The maximum absolute atomic E-state index is 12.0. The molecule has 0 saturated carbocycles. The van der Waals surface area contributed by atoms with E-state index < -0.39 is 0 Å². The molecular formula is C12H17N3O. The fourth-order valence-corrected chi connectivity index (χ4v) is 1.89. The maximum atomic E-state index is 12.0. The van der Waals surface area contributed by atoms with E-state index in [2.05, 4.69) is 23.7 Å². The monoisotopic (exact) mass is 219 g/mol. The minimum atomic E-state index is 0.138. The Bertz CT molecular complexity index is 364. The molecule has 4 heteroatoms. The zero-order valence-electron chi connectivity index (χ0n) is 9.76. The van der Waals surface area contributed by atoms with Gasteiger partial charge in [-0.05, 0) is 26.0 Å². The molecule has 4 nitrogen and oxygen atoms in total. The molecule has 1 aromatic rings. The fourth-order valence-electron chi connectivity index (χ4n) is 1.89. The average Bonchev–Trinajstić information content (AvgIpc) is 2.30. The summed E-state index contributed by atoms with van der Waals surface area (Å²) < 4.78 is 0. The van der Waals surface area contributed by atoms with Crippen molar-refractivity contribution in [3.63, 3.8) is 0 Å². The van der Waals surface area contributed by atoms with Crippen molar-refractivity contribution in [3.05, 3.63) is 24.4 Å². The normalized spacial score (nSPS) is 18.2. The Labute approximate surface area is 95.9 Å². The third kappa shape index (κ3) is 2.22. The van der Waals surface area contributed by atoms with Gasteiger partial charge in [-0.15, -0.1) is 0 Å². The molecule has 1 aliphatic rings. The topological polar surface area (TPSA) is 36.4 Å². The van der Waals surface area contributed by atoms with Gasteiger partial charge in [0.05, 0.1) is 6.54 Å². The summed E-state index contributed by atoms with van der Waals surface area (Å²) in [5.74, 6) is 0.898. The summed E-state index contributed by atoms with van der Waals surface area (Å²) in [5.41, 5.74) is 0. The summed E-state index contributed by atoms with van der Waals surface area (Å²) in [6.07, 6.45) is 1.72. The fraction of sp³-hybridized carbons (Fsp3) is 0.500. The Hall–Kier alpha value is -1.42. The first-order valence-electron chi connectivity index (χ1n) is 5.64. The van der Waals surface area contributed by atoms with E-state index >= 15 is 0 Å². The molecule has 0 spiro atoms. The van der Waals surface area contributed by atoms with Crippen molar-refractivity contribution in [2.45, 2.75) is 19.9 Å². The van der Waals surface area contributed by atoms with Gasteiger partial charge in [-0.2, -0.15) is 0 Å². The number of hydrogen-bond acceptors (Lipinski definition) is 3. The van der Waals surface area contributed by atoms with E-state index in [1.54, 1.807) is 11.1 Å². The van der Waals surface area contributed by atoms with Gasteiger partial charge in [0, 0.05) is 25.3 Å². The number of nitrogens with zero attached hydrogens (tertiary/aromatic N) is 3. The number of pyridine rings is 1. The zero-order valence-corrected chi connectivity index (χ0v) is 9.76. The predicted molar refractivity (Wildman–Crippen MR) is 63.3 cm³/mol. The average molecular weight is 219 g/mol. The molecule has 16 heavy (non-hydrogen) atoms. The lowest BCUT2D eigenvalue weighted by molar-refractivity contribution is -0.121. The van der Waals surface area contributed by atoms with E-state index in [0.717, 1.165) is 18.9 Å². The Balaban J connectivity index is 2.08. The lowest BCUT2D eigenvalue weighted by Crippen LogP contribution is -2.52. The molecule has 1 amide bonds. The molecule has 1 saturated heterocycles. The van der Waals surface area contributed by atoms with E-state index in [-0.39, 0.29) is 5.91 Å². The van der Waals surface area contributed by atoms with Crippen molar-refractivity contribution < 1.29 is 4.79 Å². The van der Waals surface area contributed by atoms with Crippen molar-refractivity contribution in [3.8, 4) is 0 Å². The van der Waals surface area contributed by atoms with Crippen LogP contribution in [0.2, 0.25) is 0 Å². The van der Waals surface area contributed by atoms with Crippen LogP contribution in [-0.4, -0.2) is 41.5 Å². The van der Waals surface area contributed by atoms with Crippen LogP contribution in [-0.2, 0) is 4.79 Å². The first-order valence-corrected chi connectivity index (χ1v) is 5.64. The standard InChI is InChI=1S/C12H17N3O/c1-10(2)14-7-8-15(12(16)9-14)11-5-3-4-6-13-11/h3-6,10H,7-9H2,1-2H3. The second kappa shape index (κ2) is 4.61. The van der Waals surface area contributed by atoms with Crippen molar-refractivity contribution in [2.75, 3.05) is 24.5 Å². The Kier molecular flexibility index (Phi) is 3.19. The molecule has 2 rings (SSSR count). The summed E-state index contributed by atoms with van der Waals surface area (Å²) in [6.45, 7) is 6.37. The van der Waals surface area contributed by atoms with Gasteiger partial charge in [0.1, 0.15) is 5.82 Å². The zero-order chi connectivity index (χ0) is 11.5. The molecule has 1 aromatic heterocycles. The van der Waals surface area contributed by atoms with E-state index in [1.165, 1.54) is 0 Å². The molecule has 0 N–H and O–H groups in total. The highest BCUT2D eigenvalue weighted by Gasteiger charge is 2.26. The number of carbonyl (C=O) groups excluding carboxylic acids is 1. The summed E-state index contributed by atoms with van der Waals surface area (Å²) in [4.78, 5) is 20.1. The highest BCUT2D eigenvalue weighted by molar-refractivity contribution is 5.94. The van der Waals surface area contributed by atoms with Crippen LogP contribution in [0.1, 0.15) is 13.8 Å². The van der Waals surface area contributed by atoms with Gasteiger partial charge in [-0.25, -0.2) is 4.98 Å². The van der Waals surface area contributed by atoms with Gasteiger partial charge in [0.2, 0.25) is 5.91 Å². The van der Waals surface area contributed by atoms with E-state index in [1.807, 2.05) is 18.2 Å². The summed E-state index contributed by atoms with van der Waals surface area (Å²) in [6, 6.07) is 6.07. The first-order chi connectivity index (χ1) is 7.68. The Morgan fingerprint density at radius 1 is 1.31 bits per heavy atom. The van der Waals surface area contributed by atoms with Gasteiger partial charge in [0.15, 0.2) is 0 Å². The van der Waals surface area contributed by atoms with Crippen LogP contribution in [0.3, 0.4) is 0 Å². The van der Waals surface area contributed by atoms with Crippen LogP contribution in [0.5, 0.6) is 0 Å². The molecule has 0 aliphatic carbocycles. The highest BCUT2D eigenvalue weighted by Crippen LogP contribution is 2.14. The molecule has 1 aliphatic heterocycles. The van der Waals surface area contributed by atoms with E-state index in [4.69, 9.17) is 0 Å². The quantitative estimate of drug-likeness (QED) is 0.748. The second-order valence-electron chi connectivity index (χ2n) is 4.30. The summed E-state index contributed by atoms with van der Waals surface area (Å²) >= 11 is 0. The van der Waals surface area contributed by atoms with Gasteiger partial charge in [-0.3, -0.25) is 14.6 Å². The Morgan fingerprint density at radius 2 is 2.12 bits per heavy atom. The number of anilines is 1. The van der Waals surface area contributed by atoms with Crippen LogP contribution in [0.25, 0.3) is 0 Å². The molecule has 0 atom stereocenters. The summed E-state index contributed by atoms with van der Waals surface area (Å²) in [5, 5.41) is 0. The molecule has 0 radical (unpaired) electrons. The SMILES string of the molecule is CC(C)N1CCN(c2ccccn2)C(=O)C1. The lowest BCUT2D eigenvalue weighted by Gasteiger charge is -2.35. The molecule has 0 unspecified atom stereocenters. The highest BCUT2D eigenvalue weighted by atomic mass is 16.2. The minimum absolute atomic E-state index is 0.138. The number of aromatic nitrogens is 1. The van der Waals surface area contributed by atoms with E-state index in [0.29, 0.717) is 12.6 Å². The van der Waals surface area contributed by atoms with Crippen molar-refractivity contribution in [1.29, 1.82) is 0 Å². The molecule has 2 heterocycles. The van der Waals surface area contributed by atoms with Gasteiger partial charge >= 0.3 is 0 Å². The van der Waals surface area contributed by atoms with Gasteiger partial charge < -0.3 is 0 Å². The largest absolute Gasteiger partial charge is 0.294 e. The molecule has 1 fully saturated rings. The number of amides is 1. The van der Waals surface area contributed by atoms with Gasteiger partial charge in [-0.1, -0.05) is 6.07 Å². The third-order valence-corrected chi connectivity index (χ3v) is 2.91. The van der Waals surface area contributed by atoms with Crippen LogP contribution in [0.15, 0.2) is 24.4 Å². The number of piperazine rings is 1. The molecule has 0 bridgehead atoms. The van der Waals surface area contributed by atoms with Crippen LogP contribution >= 0.6 is 0 Å². The number of hydrogen-bond donors (Lipinski definition) is 0. The molecule has 86 valence electrons. The van der Waals surface area contributed by atoms with Gasteiger partial charge in [0.25, 0.3) is 0 Å². The van der Waals surface area contributed by atoms with Crippen LogP contribution in [0.4, 0.5) is 5.82 Å². The van der Waals surface area contributed by atoms with Crippen molar-refractivity contribution in [2.24, 2.45) is 0 Å². The second-order valence-corrected chi connectivity index (χ2v) is 4.30. The lowest BCUT2D eigenvalue weighted by atomic mass is 10.2. The molecule has 0 aromatic carbocycles. The number of carbonyl (C=O) groups is 1. The number of rotatable bonds is 2. The maximum Gasteiger partial charge on any atom is 0.242 e. The van der Waals surface area contributed by atoms with Crippen LogP contribution in [0, 0.1) is 0 Å². The summed E-state index contributed by atoms with van der Waals surface area (Å²) in [7, 11) is 0. The van der Waals surface area contributed by atoms with Crippen molar-refractivity contribution in [1.82, 2.24) is 9.88 Å². The Morgan fingerprint density at radius 3 is 2.69 bits per heavy atom. The molecular weight excluding hydrogens is 202 g/mol.